The largest absolute Gasteiger partial charge is 0.491 e. The Hall–Kier alpha value is -2.08. The Morgan fingerprint density at radius 2 is 1.71 bits per heavy atom. The van der Waals surface area contributed by atoms with Crippen molar-refractivity contribution in [3.63, 3.8) is 0 Å². The summed E-state index contributed by atoms with van der Waals surface area (Å²) >= 11 is 0. The summed E-state index contributed by atoms with van der Waals surface area (Å²) in [5, 5.41) is 10.4. The van der Waals surface area contributed by atoms with Gasteiger partial charge in [0.05, 0.1) is 6.54 Å². The smallest absolute Gasteiger partial charge is 0.327 e. The molecule has 1 saturated heterocycles. The summed E-state index contributed by atoms with van der Waals surface area (Å²) in [6, 6.07) is 7.46. The predicted octanol–water partition coefficient (Wildman–Crippen LogP) is 3.32. The zero-order chi connectivity index (χ0) is 20.5. The summed E-state index contributed by atoms with van der Waals surface area (Å²) in [5.41, 5.74) is 0.559. The first kappa shape index (κ1) is 20.6. The van der Waals surface area contributed by atoms with Gasteiger partial charge in [0.1, 0.15) is 24.0 Å². The average Bonchev–Trinajstić information content (AvgIpc) is 2.83. The van der Waals surface area contributed by atoms with Crippen molar-refractivity contribution in [2.24, 2.45) is 0 Å². The van der Waals surface area contributed by atoms with Crippen molar-refractivity contribution in [3.8, 4) is 5.75 Å². The molecule has 1 spiro atoms. The summed E-state index contributed by atoms with van der Waals surface area (Å²) < 4.78 is 5.67. The van der Waals surface area contributed by atoms with Gasteiger partial charge in [0.2, 0.25) is 0 Å². The molecule has 154 valence electrons. The minimum absolute atomic E-state index is 0.0304. The van der Waals surface area contributed by atoms with Gasteiger partial charge in [-0.2, -0.15) is 0 Å². The van der Waals surface area contributed by atoms with Crippen LogP contribution in [0.15, 0.2) is 24.3 Å². The lowest BCUT2D eigenvalue weighted by atomic mass is 9.81. The van der Waals surface area contributed by atoms with Crippen molar-refractivity contribution >= 4 is 11.9 Å². The summed E-state index contributed by atoms with van der Waals surface area (Å²) in [6.07, 6.45) is 3.49. The number of hydrogen-bond acceptors (Lipinski definition) is 4. The maximum absolute atomic E-state index is 13.0. The summed E-state index contributed by atoms with van der Waals surface area (Å²) in [6.45, 7) is 6.43. The van der Waals surface area contributed by atoms with E-state index in [1.807, 2.05) is 24.3 Å². The monoisotopic (exact) mass is 388 g/mol. The van der Waals surface area contributed by atoms with Crippen LogP contribution in [-0.2, 0) is 10.2 Å². The SMILES string of the molecule is CN1C(=O)N(CC(O)COc2ccc(C(C)(C)C)cc2)C(=O)C12CCCCC2. The first-order valence-electron chi connectivity index (χ1n) is 10.2. The molecule has 6 heteroatoms. The first-order chi connectivity index (χ1) is 13.1. The second kappa shape index (κ2) is 7.74. The third kappa shape index (κ3) is 3.88. The van der Waals surface area contributed by atoms with E-state index in [0.717, 1.165) is 19.3 Å². The zero-order valence-corrected chi connectivity index (χ0v) is 17.4. The van der Waals surface area contributed by atoms with Crippen LogP contribution in [0.5, 0.6) is 5.75 Å². The molecule has 1 atom stereocenters. The van der Waals surface area contributed by atoms with Crippen molar-refractivity contribution in [3.05, 3.63) is 29.8 Å². The molecule has 1 heterocycles. The van der Waals surface area contributed by atoms with E-state index in [0.29, 0.717) is 18.6 Å². The van der Waals surface area contributed by atoms with E-state index in [-0.39, 0.29) is 30.5 Å². The molecule has 3 amide bonds. The standard InChI is InChI=1S/C22H32N2O4/c1-21(2,3)16-8-10-18(11-9-16)28-15-17(25)14-24-19(26)22(23(4)20(24)27)12-6-5-7-13-22/h8-11,17,25H,5-7,12-15H2,1-4H3. The molecule has 1 aliphatic heterocycles. The lowest BCUT2D eigenvalue weighted by Crippen LogP contribution is -2.49. The lowest BCUT2D eigenvalue weighted by molar-refractivity contribution is -0.135. The summed E-state index contributed by atoms with van der Waals surface area (Å²) in [4.78, 5) is 28.3. The van der Waals surface area contributed by atoms with E-state index in [9.17, 15) is 14.7 Å². The van der Waals surface area contributed by atoms with Gasteiger partial charge in [0.25, 0.3) is 5.91 Å². The lowest BCUT2D eigenvalue weighted by Gasteiger charge is -2.35. The van der Waals surface area contributed by atoms with Gasteiger partial charge >= 0.3 is 6.03 Å². The van der Waals surface area contributed by atoms with Gasteiger partial charge in [-0.25, -0.2) is 4.79 Å². The van der Waals surface area contributed by atoms with E-state index in [1.165, 1.54) is 10.5 Å². The molecular weight excluding hydrogens is 356 g/mol. The fraction of sp³-hybridized carbons (Fsp3) is 0.636. The van der Waals surface area contributed by atoms with Crippen molar-refractivity contribution in [2.75, 3.05) is 20.2 Å². The molecule has 2 aliphatic rings. The second-order valence-corrected chi connectivity index (χ2v) is 9.09. The number of ether oxygens (including phenoxy) is 1. The van der Waals surface area contributed by atoms with E-state index >= 15 is 0 Å². The normalized spacial score (nSPS) is 20.8. The molecule has 28 heavy (non-hydrogen) atoms. The van der Waals surface area contributed by atoms with Crippen LogP contribution in [0.2, 0.25) is 0 Å². The quantitative estimate of drug-likeness (QED) is 0.786. The molecule has 1 aliphatic carbocycles. The van der Waals surface area contributed by atoms with E-state index in [4.69, 9.17) is 4.74 Å². The van der Waals surface area contributed by atoms with Crippen molar-refractivity contribution in [2.45, 2.75) is 69.9 Å². The van der Waals surface area contributed by atoms with Crippen LogP contribution in [-0.4, -0.2) is 58.7 Å². The number of likely N-dealkylation sites (N-methyl/N-ethyl adjacent to an activating group) is 1. The summed E-state index contributed by atoms with van der Waals surface area (Å²) in [5.74, 6) is 0.486. The molecule has 0 bridgehead atoms. The number of β-amino-alcohol motifs (C(OH)–C–C–N with tert-alkyl or cyclic N) is 1. The molecule has 3 rings (SSSR count). The number of urea groups is 1. The van der Waals surface area contributed by atoms with Crippen molar-refractivity contribution in [1.29, 1.82) is 0 Å². The van der Waals surface area contributed by atoms with Gasteiger partial charge in [0, 0.05) is 7.05 Å². The maximum atomic E-state index is 13.0. The molecule has 1 aromatic carbocycles. The molecule has 1 N–H and O–H groups in total. The molecule has 1 saturated carbocycles. The number of carbonyl (C=O) groups is 2. The van der Waals surface area contributed by atoms with E-state index in [2.05, 4.69) is 20.8 Å². The van der Waals surface area contributed by atoms with Crippen LogP contribution in [0.1, 0.15) is 58.4 Å². The topological polar surface area (TPSA) is 70.1 Å². The highest BCUT2D eigenvalue weighted by atomic mass is 16.5. The van der Waals surface area contributed by atoms with Crippen molar-refractivity contribution < 1.29 is 19.4 Å². The molecule has 1 aromatic rings. The number of carbonyl (C=O) groups excluding carboxylic acids is 2. The maximum Gasteiger partial charge on any atom is 0.327 e. The van der Waals surface area contributed by atoms with Gasteiger partial charge in [0.15, 0.2) is 0 Å². The Bertz CT molecular complexity index is 717. The Morgan fingerprint density at radius 3 is 2.29 bits per heavy atom. The molecule has 6 nitrogen and oxygen atoms in total. The highest BCUT2D eigenvalue weighted by Crippen LogP contribution is 2.39. The Kier molecular flexibility index (Phi) is 5.71. The van der Waals surface area contributed by atoms with E-state index in [1.54, 1.807) is 11.9 Å². The van der Waals surface area contributed by atoms with Crippen LogP contribution < -0.4 is 4.74 Å². The number of aliphatic hydroxyl groups is 1. The highest BCUT2D eigenvalue weighted by Gasteiger charge is 2.55. The number of imide groups is 1. The van der Waals surface area contributed by atoms with Crippen LogP contribution in [0, 0.1) is 0 Å². The van der Waals surface area contributed by atoms with Crippen LogP contribution in [0.3, 0.4) is 0 Å². The Morgan fingerprint density at radius 1 is 1.11 bits per heavy atom. The number of rotatable bonds is 5. The van der Waals surface area contributed by atoms with Gasteiger partial charge in [-0.15, -0.1) is 0 Å². The fourth-order valence-corrected chi connectivity index (χ4v) is 4.20. The molecular formula is C22H32N2O4. The van der Waals surface area contributed by atoms with Crippen LogP contribution >= 0.6 is 0 Å². The van der Waals surface area contributed by atoms with Crippen LogP contribution in [0.25, 0.3) is 0 Å². The Labute approximate surface area is 167 Å². The fourth-order valence-electron chi connectivity index (χ4n) is 4.20. The summed E-state index contributed by atoms with van der Waals surface area (Å²) in [7, 11) is 1.70. The number of hydrogen-bond donors (Lipinski definition) is 1. The van der Waals surface area contributed by atoms with Crippen LogP contribution in [0.4, 0.5) is 4.79 Å². The number of amides is 3. The van der Waals surface area contributed by atoms with Gasteiger partial charge in [-0.05, 0) is 36.0 Å². The van der Waals surface area contributed by atoms with Crippen molar-refractivity contribution in [1.82, 2.24) is 9.80 Å². The minimum atomic E-state index is -0.928. The third-order valence-electron chi connectivity index (χ3n) is 6.04. The minimum Gasteiger partial charge on any atom is -0.491 e. The second-order valence-electron chi connectivity index (χ2n) is 9.09. The predicted molar refractivity (Wildman–Crippen MR) is 107 cm³/mol. The van der Waals surface area contributed by atoms with Gasteiger partial charge < -0.3 is 14.7 Å². The Balaban J connectivity index is 1.58. The number of aliphatic hydroxyl groups excluding tert-OH is 1. The zero-order valence-electron chi connectivity index (χ0n) is 17.4. The third-order valence-corrected chi connectivity index (χ3v) is 6.04. The van der Waals surface area contributed by atoms with E-state index < -0.39 is 11.6 Å². The number of benzene rings is 1. The average molecular weight is 389 g/mol. The molecule has 0 radical (unpaired) electrons. The highest BCUT2D eigenvalue weighted by molar-refractivity contribution is 6.07. The number of nitrogens with zero attached hydrogens (tertiary/aromatic N) is 2. The molecule has 0 aromatic heterocycles. The van der Waals surface area contributed by atoms with Gasteiger partial charge in [-0.1, -0.05) is 52.2 Å². The van der Waals surface area contributed by atoms with Gasteiger partial charge in [-0.3, -0.25) is 9.69 Å². The molecule has 2 fully saturated rings. The first-order valence-corrected chi connectivity index (χ1v) is 10.2. The molecule has 1 unspecified atom stereocenters.